The van der Waals surface area contributed by atoms with Crippen LogP contribution in [0, 0.1) is 0 Å². The van der Waals surface area contributed by atoms with Crippen LogP contribution < -0.4 is 5.32 Å². The molecule has 1 N–H and O–H groups in total. The number of benzene rings is 2. The molecule has 7 heteroatoms. The summed E-state index contributed by atoms with van der Waals surface area (Å²) in [6.45, 7) is 2.01. The van der Waals surface area contributed by atoms with Crippen molar-refractivity contribution in [3.05, 3.63) is 69.7 Å². The Bertz CT molecular complexity index is 865. The molecule has 0 bridgehead atoms. The molecule has 1 heterocycles. The summed E-state index contributed by atoms with van der Waals surface area (Å²) in [5.41, 5.74) is 1.70. The van der Waals surface area contributed by atoms with Gasteiger partial charge in [0.25, 0.3) is 5.91 Å². The number of hydrogen-bond acceptors (Lipinski definition) is 5. The van der Waals surface area contributed by atoms with E-state index in [2.05, 4.69) is 15.5 Å². The summed E-state index contributed by atoms with van der Waals surface area (Å²) < 4.78 is 0. The van der Waals surface area contributed by atoms with Crippen molar-refractivity contribution in [2.45, 2.75) is 24.0 Å². The average molecular weight is 390 g/mol. The van der Waals surface area contributed by atoms with E-state index in [0.29, 0.717) is 10.7 Å². The molecule has 0 saturated carbocycles. The van der Waals surface area contributed by atoms with E-state index in [0.717, 1.165) is 32.7 Å². The van der Waals surface area contributed by atoms with E-state index in [1.165, 1.54) is 11.3 Å². The molecule has 0 spiro atoms. The second kappa shape index (κ2) is 8.47. The summed E-state index contributed by atoms with van der Waals surface area (Å²) in [5.74, 6) is 0.610. The summed E-state index contributed by atoms with van der Waals surface area (Å²) in [5, 5.41) is 13.0. The first kappa shape index (κ1) is 17.9. The van der Waals surface area contributed by atoms with E-state index in [1.54, 1.807) is 17.8 Å². The summed E-state index contributed by atoms with van der Waals surface area (Å²) in [6, 6.07) is 15.3. The summed E-state index contributed by atoms with van der Waals surface area (Å²) in [6.07, 6.45) is 0.810. The van der Waals surface area contributed by atoms with Gasteiger partial charge in [-0.1, -0.05) is 42.0 Å². The van der Waals surface area contributed by atoms with Crippen LogP contribution in [0.5, 0.6) is 0 Å². The van der Waals surface area contributed by atoms with Gasteiger partial charge >= 0.3 is 0 Å². The monoisotopic (exact) mass is 389 g/mol. The SMILES string of the molecule is CCc1nnc(NC(=O)c2cccc(CSc3ccc(Cl)cc3)c2)s1. The number of amides is 1. The number of carbonyl (C=O) groups excluding carboxylic acids is 1. The van der Waals surface area contributed by atoms with Crippen molar-refractivity contribution < 1.29 is 4.79 Å². The van der Waals surface area contributed by atoms with Crippen LogP contribution in [-0.2, 0) is 12.2 Å². The van der Waals surface area contributed by atoms with Crippen molar-refractivity contribution in [2.75, 3.05) is 5.32 Å². The van der Waals surface area contributed by atoms with Gasteiger partial charge in [0.05, 0.1) is 0 Å². The molecule has 25 heavy (non-hydrogen) atoms. The second-order valence-corrected chi connectivity index (χ2v) is 7.80. The zero-order valence-corrected chi connectivity index (χ0v) is 15.9. The predicted octanol–water partition coefficient (Wildman–Crippen LogP) is 5.30. The molecule has 4 nitrogen and oxygen atoms in total. The minimum atomic E-state index is -0.169. The van der Waals surface area contributed by atoms with Crippen LogP contribution >= 0.6 is 34.7 Å². The van der Waals surface area contributed by atoms with Crippen LogP contribution in [0.4, 0.5) is 5.13 Å². The van der Waals surface area contributed by atoms with Crippen LogP contribution in [0.25, 0.3) is 0 Å². The molecule has 0 radical (unpaired) electrons. The molecule has 1 aromatic heterocycles. The number of aromatic nitrogens is 2. The van der Waals surface area contributed by atoms with Gasteiger partial charge < -0.3 is 0 Å². The van der Waals surface area contributed by atoms with Crippen molar-refractivity contribution in [3.63, 3.8) is 0 Å². The number of carbonyl (C=O) groups is 1. The van der Waals surface area contributed by atoms with Crippen molar-refractivity contribution in [2.24, 2.45) is 0 Å². The Balaban J connectivity index is 1.63. The fourth-order valence-corrected chi connectivity index (χ4v) is 3.76. The third-order valence-electron chi connectivity index (χ3n) is 3.40. The van der Waals surface area contributed by atoms with Gasteiger partial charge in [-0.3, -0.25) is 10.1 Å². The van der Waals surface area contributed by atoms with Gasteiger partial charge in [0.1, 0.15) is 5.01 Å². The van der Waals surface area contributed by atoms with E-state index >= 15 is 0 Å². The topological polar surface area (TPSA) is 54.9 Å². The molecule has 0 fully saturated rings. The molecule has 128 valence electrons. The highest BCUT2D eigenvalue weighted by Gasteiger charge is 2.10. The number of nitrogens with zero attached hydrogens (tertiary/aromatic N) is 2. The second-order valence-electron chi connectivity index (χ2n) is 5.25. The Morgan fingerprint density at radius 1 is 1.20 bits per heavy atom. The van der Waals surface area contributed by atoms with Gasteiger partial charge in [-0.15, -0.1) is 22.0 Å². The lowest BCUT2D eigenvalue weighted by atomic mass is 10.1. The molecular formula is C18H16ClN3OS2. The third-order valence-corrected chi connectivity index (χ3v) is 5.72. The fourth-order valence-electron chi connectivity index (χ4n) is 2.12. The summed E-state index contributed by atoms with van der Waals surface area (Å²) in [4.78, 5) is 13.5. The van der Waals surface area contributed by atoms with Gasteiger partial charge in [-0.05, 0) is 48.4 Å². The smallest absolute Gasteiger partial charge is 0.257 e. The molecule has 3 rings (SSSR count). The van der Waals surface area contributed by atoms with Gasteiger partial charge in [0, 0.05) is 21.2 Å². The Morgan fingerprint density at radius 3 is 2.72 bits per heavy atom. The maximum absolute atomic E-state index is 12.4. The lowest BCUT2D eigenvalue weighted by Gasteiger charge is -2.05. The van der Waals surface area contributed by atoms with E-state index in [-0.39, 0.29) is 5.91 Å². The van der Waals surface area contributed by atoms with E-state index in [1.807, 2.05) is 49.4 Å². The molecule has 0 unspecified atom stereocenters. The lowest BCUT2D eigenvalue weighted by molar-refractivity contribution is 0.102. The standard InChI is InChI=1S/C18H16ClN3OS2/c1-2-16-21-22-18(25-16)20-17(23)13-5-3-4-12(10-13)11-24-15-8-6-14(19)7-9-15/h3-10H,2,11H2,1H3,(H,20,22,23). The summed E-state index contributed by atoms with van der Waals surface area (Å²) in [7, 11) is 0. The van der Waals surface area contributed by atoms with Gasteiger partial charge in [0.2, 0.25) is 5.13 Å². The maximum atomic E-state index is 12.4. The fraction of sp³-hybridized carbons (Fsp3) is 0.167. The van der Waals surface area contributed by atoms with Crippen molar-refractivity contribution >= 4 is 45.7 Å². The van der Waals surface area contributed by atoms with Gasteiger partial charge in [-0.2, -0.15) is 0 Å². The minimum absolute atomic E-state index is 0.169. The predicted molar refractivity (Wildman–Crippen MR) is 105 cm³/mol. The molecule has 0 aliphatic carbocycles. The van der Waals surface area contributed by atoms with Crippen LogP contribution in [0.1, 0.15) is 27.9 Å². The van der Waals surface area contributed by atoms with Crippen LogP contribution in [0.3, 0.4) is 0 Å². The highest BCUT2D eigenvalue weighted by molar-refractivity contribution is 7.98. The molecule has 0 atom stereocenters. The Morgan fingerprint density at radius 2 is 2.00 bits per heavy atom. The number of anilines is 1. The van der Waals surface area contributed by atoms with Crippen molar-refractivity contribution in [1.82, 2.24) is 10.2 Å². The van der Waals surface area contributed by atoms with Crippen molar-refractivity contribution in [1.29, 1.82) is 0 Å². The quantitative estimate of drug-likeness (QED) is 0.581. The maximum Gasteiger partial charge on any atom is 0.257 e. The number of aryl methyl sites for hydroxylation is 1. The summed E-state index contributed by atoms with van der Waals surface area (Å²) >= 11 is 9.00. The molecule has 2 aromatic carbocycles. The largest absolute Gasteiger partial charge is 0.296 e. The molecule has 1 amide bonds. The zero-order valence-electron chi connectivity index (χ0n) is 13.5. The Kier molecular flexibility index (Phi) is 6.07. The first-order chi connectivity index (χ1) is 12.1. The van der Waals surface area contributed by atoms with Crippen molar-refractivity contribution in [3.8, 4) is 0 Å². The Hall–Kier alpha value is -1.89. The minimum Gasteiger partial charge on any atom is -0.296 e. The lowest BCUT2D eigenvalue weighted by Crippen LogP contribution is -2.11. The molecular weight excluding hydrogens is 374 g/mol. The molecule has 0 saturated heterocycles. The molecule has 0 aliphatic heterocycles. The number of thioether (sulfide) groups is 1. The number of halogens is 1. The first-order valence-corrected chi connectivity index (χ1v) is 9.93. The number of hydrogen-bond donors (Lipinski definition) is 1. The van der Waals surface area contributed by atoms with E-state index in [9.17, 15) is 4.79 Å². The normalized spacial score (nSPS) is 10.6. The highest BCUT2D eigenvalue weighted by atomic mass is 35.5. The molecule has 3 aromatic rings. The van der Waals surface area contributed by atoms with Crippen LogP contribution in [0.15, 0.2) is 53.4 Å². The third kappa shape index (κ3) is 5.04. The zero-order chi connectivity index (χ0) is 17.6. The number of nitrogens with one attached hydrogen (secondary N) is 1. The number of rotatable bonds is 6. The van der Waals surface area contributed by atoms with Crippen LogP contribution in [0.2, 0.25) is 5.02 Å². The average Bonchev–Trinajstić information content (AvgIpc) is 3.09. The molecule has 0 aliphatic rings. The first-order valence-electron chi connectivity index (χ1n) is 7.75. The van der Waals surface area contributed by atoms with Gasteiger partial charge in [-0.25, -0.2) is 0 Å². The van der Waals surface area contributed by atoms with Gasteiger partial charge in [0.15, 0.2) is 0 Å². The Labute approximate surface area is 159 Å². The van der Waals surface area contributed by atoms with Crippen LogP contribution in [-0.4, -0.2) is 16.1 Å². The highest BCUT2D eigenvalue weighted by Crippen LogP contribution is 2.25. The van der Waals surface area contributed by atoms with E-state index < -0.39 is 0 Å². The van der Waals surface area contributed by atoms with E-state index in [4.69, 9.17) is 11.6 Å².